The molecule has 0 radical (unpaired) electrons. The molecule has 0 unspecified atom stereocenters. The highest BCUT2D eigenvalue weighted by Crippen LogP contribution is 2.42. The molecule has 0 saturated carbocycles. The van der Waals surface area contributed by atoms with E-state index < -0.39 is 0 Å². The van der Waals surface area contributed by atoms with E-state index in [4.69, 9.17) is 31.5 Å². The molecule has 0 N–H and O–H groups in total. The second-order valence-corrected chi connectivity index (χ2v) is 12.8. The van der Waals surface area contributed by atoms with Crippen molar-refractivity contribution < 1.29 is 0 Å². The summed E-state index contributed by atoms with van der Waals surface area (Å²) in [5, 5.41) is 0.955. The third kappa shape index (κ3) is 6.27. The van der Waals surface area contributed by atoms with Crippen LogP contribution in [0.3, 0.4) is 0 Å². The highest BCUT2D eigenvalue weighted by atomic mass is 15.0. The van der Waals surface area contributed by atoms with Crippen molar-refractivity contribution in [2.24, 2.45) is 0 Å². The lowest BCUT2D eigenvalue weighted by atomic mass is 9.90. The number of nitrogens with zero attached hydrogens (tertiary/aromatic N) is 6. The first kappa shape index (κ1) is 32.3. The Morgan fingerprint density at radius 1 is 0.333 bits per heavy atom. The van der Waals surface area contributed by atoms with E-state index in [9.17, 15) is 0 Å². The molecule has 0 aliphatic carbocycles. The Kier molecular flexibility index (Phi) is 8.48. The first-order valence-electron chi connectivity index (χ1n) is 17.6. The molecular formula is C48H30N6. The monoisotopic (exact) mass is 690 g/mol. The van der Waals surface area contributed by atoms with Gasteiger partial charge >= 0.3 is 0 Å². The summed E-state index contributed by atoms with van der Waals surface area (Å²) in [6, 6.07) is 60.6. The fraction of sp³-hybridized carbons (Fsp3) is 0. The molecule has 0 saturated heterocycles. The predicted octanol–water partition coefficient (Wildman–Crippen LogP) is 12.0. The normalized spacial score (nSPS) is 10.9. The summed E-state index contributed by atoms with van der Waals surface area (Å²) in [7, 11) is 0. The van der Waals surface area contributed by atoms with Crippen LogP contribution in [0.2, 0.25) is 0 Å². The average molecular weight is 691 g/mol. The van der Waals surface area contributed by atoms with E-state index in [1.807, 2.05) is 140 Å². The SMILES string of the molecule is [C-]#[N+]c1cccc(-c2ccc(-c3ccccc3-c3nc(-c4ccccc4)nc4ccccc34)c(-c3nc(-c4ccccc4)nc(-c4ccccc4)n3)c2)c1. The molecule has 0 atom stereocenters. The molecule has 0 amide bonds. The van der Waals surface area contributed by atoms with Crippen LogP contribution in [-0.2, 0) is 0 Å². The van der Waals surface area contributed by atoms with Crippen LogP contribution in [0.1, 0.15) is 0 Å². The highest BCUT2D eigenvalue weighted by molar-refractivity contribution is 6.00. The van der Waals surface area contributed by atoms with Crippen molar-refractivity contribution in [1.29, 1.82) is 0 Å². The molecule has 9 rings (SSSR count). The fourth-order valence-electron chi connectivity index (χ4n) is 6.75. The number of hydrogen-bond donors (Lipinski definition) is 0. The lowest BCUT2D eigenvalue weighted by Crippen LogP contribution is -2.02. The van der Waals surface area contributed by atoms with Gasteiger partial charge in [0.15, 0.2) is 29.0 Å². The maximum atomic E-state index is 7.66. The molecule has 0 fully saturated rings. The van der Waals surface area contributed by atoms with Crippen LogP contribution in [0, 0.1) is 6.57 Å². The van der Waals surface area contributed by atoms with E-state index in [0.29, 0.717) is 29.0 Å². The Hall–Kier alpha value is -7.62. The molecule has 0 aliphatic heterocycles. The maximum absolute atomic E-state index is 7.66. The average Bonchev–Trinajstić information content (AvgIpc) is 3.26. The smallest absolute Gasteiger partial charge is 0.187 e. The Balaban J connectivity index is 1.32. The zero-order valence-electron chi connectivity index (χ0n) is 29.0. The molecule has 9 aromatic rings. The van der Waals surface area contributed by atoms with Crippen LogP contribution in [0.15, 0.2) is 182 Å². The van der Waals surface area contributed by atoms with Gasteiger partial charge in [0.05, 0.1) is 17.8 Å². The largest absolute Gasteiger partial charge is 0.238 e. The van der Waals surface area contributed by atoms with Gasteiger partial charge in [0.2, 0.25) is 0 Å². The summed E-state index contributed by atoms with van der Waals surface area (Å²) in [5.41, 5.74) is 10.6. The third-order valence-electron chi connectivity index (χ3n) is 9.38. The van der Waals surface area contributed by atoms with Crippen LogP contribution < -0.4 is 0 Å². The molecule has 7 aromatic carbocycles. The van der Waals surface area contributed by atoms with Crippen LogP contribution in [-0.4, -0.2) is 24.9 Å². The zero-order chi connectivity index (χ0) is 36.3. The van der Waals surface area contributed by atoms with Gasteiger partial charge in [0.1, 0.15) is 0 Å². The quantitative estimate of drug-likeness (QED) is 0.156. The molecule has 6 nitrogen and oxygen atoms in total. The van der Waals surface area contributed by atoms with Gasteiger partial charge in [-0.3, -0.25) is 0 Å². The van der Waals surface area contributed by atoms with Crippen LogP contribution in [0.4, 0.5) is 5.69 Å². The Morgan fingerprint density at radius 2 is 0.833 bits per heavy atom. The lowest BCUT2D eigenvalue weighted by Gasteiger charge is -2.17. The predicted molar refractivity (Wildman–Crippen MR) is 217 cm³/mol. The van der Waals surface area contributed by atoms with Gasteiger partial charge in [-0.1, -0.05) is 164 Å². The van der Waals surface area contributed by atoms with Gasteiger partial charge in [0.25, 0.3) is 0 Å². The second kappa shape index (κ2) is 14.2. The Bertz CT molecular complexity index is 2770. The zero-order valence-corrected chi connectivity index (χ0v) is 29.0. The molecule has 0 spiro atoms. The molecule has 2 heterocycles. The fourth-order valence-corrected chi connectivity index (χ4v) is 6.75. The molecule has 2 aromatic heterocycles. The summed E-state index contributed by atoms with van der Waals surface area (Å²) < 4.78 is 0. The van der Waals surface area contributed by atoms with Crippen LogP contribution in [0.5, 0.6) is 0 Å². The molecular weight excluding hydrogens is 661 g/mol. The van der Waals surface area contributed by atoms with E-state index in [0.717, 1.165) is 66.7 Å². The van der Waals surface area contributed by atoms with Crippen LogP contribution in [0.25, 0.3) is 94.8 Å². The Morgan fingerprint density at radius 3 is 1.48 bits per heavy atom. The number of aromatic nitrogens is 5. The maximum Gasteiger partial charge on any atom is 0.187 e. The van der Waals surface area contributed by atoms with Crippen molar-refractivity contribution in [2.75, 3.05) is 0 Å². The van der Waals surface area contributed by atoms with Crippen LogP contribution >= 0.6 is 0 Å². The minimum Gasteiger partial charge on any atom is -0.238 e. The van der Waals surface area contributed by atoms with Crippen molar-refractivity contribution in [1.82, 2.24) is 24.9 Å². The van der Waals surface area contributed by atoms with Crippen molar-refractivity contribution in [3.63, 3.8) is 0 Å². The lowest BCUT2D eigenvalue weighted by molar-refractivity contribution is 1.07. The van der Waals surface area contributed by atoms with E-state index >= 15 is 0 Å². The van der Waals surface area contributed by atoms with Gasteiger partial charge in [-0.05, 0) is 40.5 Å². The van der Waals surface area contributed by atoms with Crippen molar-refractivity contribution in [2.45, 2.75) is 0 Å². The van der Waals surface area contributed by atoms with Gasteiger partial charge in [0, 0.05) is 33.2 Å². The van der Waals surface area contributed by atoms with E-state index in [1.54, 1.807) is 0 Å². The summed E-state index contributed by atoms with van der Waals surface area (Å²) >= 11 is 0. The van der Waals surface area contributed by atoms with Gasteiger partial charge in [-0.15, -0.1) is 0 Å². The van der Waals surface area contributed by atoms with Gasteiger partial charge in [-0.2, -0.15) is 0 Å². The highest BCUT2D eigenvalue weighted by Gasteiger charge is 2.21. The second-order valence-electron chi connectivity index (χ2n) is 12.8. The third-order valence-corrected chi connectivity index (χ3v) is 9.38. The van der Waals surface area contributed by atoms with E-state index in [2.05, 4.69) is 47.3 Å². The molecule has 6 heteroatoms. The summed E-state index contributed by atoms with van der Waals surface area (Å²) in [6.07, 6.45) is 0. The number of benzene rings is 7. The molecule has 252 valence electrons. The van der Waals surface area contributed by atoms with Gasteiger partial charge in [-0.25, -0.2) is 29.8 Å². The first-order valence-corrected chi connectivity index (χ1v) is 17.6. The standard InChI is InChI=1S/C48H30N6/c1-49-37-23-15-22-35(30-37)36-28-29-39(42(31-36)48-53-46(33-18-7-3-8-19-33)52-47(54-48)34-20-9-4-10-21-34)38-24-11-12-25-40(38)44-41-26-13-14-27-43(41)50-45(51-44)32-16-5-2-6-17-32/h2-31H. The summed E-state index contributed by atoms with van der Waals surface area (Å²) in [4.78, 5) is 29.2. The number of fused-ring (bicyclic) bond motifs is 1. The number of hydrogen-bond acceptors (Lipinski definition) is 5. The van der Waals surface area contributed by atoms with Crippen molar-refractivity contribution in [3.8, 4) is 79.1 Å². The van der Waals surface area contributed by atoms with E-state index in [-0.39, 0.29) is 0 Å². The van der Waals surface area contributed by atoms with Gasteiger partial charge < -0.3 is 0 Å². The number of para-hydroxylation sites is 1. The summed E-state index contributed by atoms with van der Waals surface area (Å²) in [5.74, 6) is 2.35. The molecule has 0 aliphatic rings. The minimum absolute atomic E-state index is 0.535. The summed E-state index contributed by atoms with van der Waals surface area (Å²) in [6.45, 7) is 7.66. The minimum atomic E-state index is 0.535. The molecule has 0 bridgehead atoms. The number of rotatable bonds is 7. The topological polar surface area (TPSA) is 68.8 Å². The Labute approximate surface area is 313 Å². The van der Waals surface area contributed by atoms with Crippen molar-refractivity contribution in [3.05, 3.63) is 193 Å². The first-order chi connectivity index (χ1) is 26.7. The van der Waals surface area contributed by atoms with E-state index in [1.165, 1.54) is 0 Å². The van der Waals surface area contributed by atoms with Crippen molar-refractivity contribution >= 4 is 16.6 Å². The molecule has 54 heavy (non-hydrogen) atoms.